The van der Waals surface area contributed by atoms with Crippen molar-refractivity contribution in [3.05, 3.63) is 58.6 Å². The fraction of sp³-hybridized carbons (Fsp3) is 0.381. The number of benzene rings is 1. The molecule has 1 atom stereocenters. The summed E-state index contributed by atoms with van der Waals surface area (Å²) >= 11 is 0. The lowest BCUT2D eigenvalue weighted by molar-refractivity contribution is 0.0662. The zero-order chi connectivity index (χ0) is 21.2. The van der Waals surface area contributed by atoms with Crippen LogP contribution in [0.2, 0.25) is 0 Å². The fourth-order valence-electron chi connectivity index (χ4n) is 4.65. The largest absolute Gasteiger partial charge is 0.329 e. The van der Waals surface area contributed by atoms with Crippen molar-refractivity contribution >= 4 is 5.91 Å². The second kappa shape index (κ2) is 6.72. The Morgan fingerprint density at radius 2 is 1.87 bits per heavy atom. The summed E-state index contributed by atoms with van der Waals surface area (Å²) in [4.78, 5) is 19.3. The Kier molecular flexibility index (Phi) is 4.23. The van der Waals surface area contributed by atoms with E-state index < -0.39 is 17.5 Å². The Morgan fingerprint density at radius 1 is 1.13 bits per heavy atom. The first-order valence-corrected chi connectivity index (χ1v) is 9.93. The molecule has 0 radical (unpaired) electrons. The number of imidazole rings is 1. The third-order valence-corrected chi connectivity index (χ3v) is 6.10. The summed E-state index contributed by atoms with van der Waals surface area (Å²) in [6.07, 6.45) is 3.97. The van der Waals surface area contributed by atoms with E-state index in [2.05, 4.69) is 10.1 Å². The van der Waals surface area contributed by atoms with Crippen molar-refractivity contribution in [3.63, 3.8) is 0 Å². The van der Waals surface area contributed by atoms with Gasteiger partial charge in [0.15, 0.2) is 17.5 Å². The predicted molar refractivity (Wildman–Crippen MR) is 102 cm³/mol. The van der Waals surface area contributed by atoms with Gasteiger partial charge in [-0.15, -0.1) is 0 Å². The Labute approximate surface area is 170 Å². The Bertz CT molecular complexity index is 1160. The molecule has 4 heterocycles. The summed E-state index contributed by atoms with van der Waals surface area (Å²) in [6.45, 7) is 3.12. The van der Waals surface area contributed by atoms with Crippen LogP contribution in [0.5, 0.6) is 0 Å². The molecule has 0 fully saturated rings. The van der Waals surface area contributed by atoms with Crippen LogP contribution in [0.25, 0.3) is 11.3 Å². The summed E-state index contributed by atoms with van der Waals surface area (Å²) in [5.74, 6) is -3.14. The Balaban J connectivity index is 1.51. The highest BCUT2D eigenvalue weighted by atomic mass is 19.2. The van der Waals surface area contributed by atoms with Crippen molar-refractivity contribution in [3.8, 4) is 11.3 Å². The standard InChI is InChI=1S/C21H20F3N5O/c1-11-19-13(20(27(2)26-19)12-8-14(22)18(24)15(23)9-12)5-7-28(11)21(30)16-10-25-17-4-3-6-29(16)17/h8-11H,3-7H2,1-2H3/t11-/m0/s1. The zero-order valence-electron chi connectivity index (χ0n) is 16.6. The third-order valence-electron chi connectivity index (χ3n) is 6.10. The van der Waals surface area contributed by atoms with Crippen molar-refractivity contribution < 1.29 is 18.0 Å². The van der Waals surface area contributed by atoms with Crippen LogP contribution in [0.3, 0.4) is 0 Å². The van der Waals surface area contributed by atoms with E-state index in [0.29, 0.717) is 30.0 Å². The lowest BCUT2D eigenvalue weighted by atomic mass is 9.95. The number of carbonyl (C=O) groups excluding carboxylic acids is 1. The maximum absolute atomic E-state index is 13.8. The van der Waals surface area contributed by atoms with Gasteiger partial charge in [-0.2, -0.15) is 5.10 Å². The molecule has 0 bridgehead atoms. The number of halogens is 3. The first-order valence-electron chi connectivity index (χ1n) is 9.93. The van der Waals surface area contributed by atoms with Crippen molar-refractivity contribution in [2.75, 3.05) is 6.54 Å². The number of rotatable bonds is 2. The molecule has 2 aliphatic heterocycles. The zero-order valence-corrected chi connectivity index (χ0v) is 16.6. The van der Waals surface area contributed by atoms with Crippen LogP contribution in [0.4, 0.5) is 13.2 Å². The topological polar surface area (TPSA) is 56.0 Å². The van der Waals surface area contributed by atoms with E-state index in [9.17, 15) is 18.0 Å². The molecule has 3 aromatic rings. The number of amides is 1. The SMILES string of the molecule is C[C@H]1c2nn(C)c(-c3cc(F)c(F)c(F)c3)c2CCN1C(=O)c1cnc2n1CCC2. The van der Waals surface area contributed by atoms with Gasteiger partial charge in [0.05, 0.1) is 23.6 Å². The number of carbonyl (C=O) groups is 1. The van der Waals surface area contributed by atoms with Crippen LogP contribution in [-0.4, -0.2) is 36.7 Å². The molecule has 2 aromatic heterocycles. The fourth-order valence-corrected chi connectivity index (χ4v) is 4.65. The van der Waals surface area contributed by atoms with Crippen molar-refractivity contribution in [1.82, 2.24) is 24.2 Å². The van der Waals surface area contributed by atoms with Crippen LogP contribution in [0.15, 0.2) is 18.3 Å². The molecule has 0 N–H and O–H groups in total. The maximum Gasteiger partial charge on any atom is 0.272 e. The average Bonchev–Trinajstić information content (AvgIpc) is 3.39. The summed E-state index contributed by atoms with van der Waals surface area (Å²) in [5.41, 5.74) is 2.84. The number of aryl methyl sites for hydroxylation is 2. The van der Waals surface area contributed by atoms with Crippen LogP contribution in [0, 0.1) is 17.5 Å². The Hall–Kier alpha value is -3.10. The first-order chi connectivity index (χ1) is 14.4. The molecule has 6 nitrogen and oxygen atoms in total. The number of nitrogens with zero attached hydrogens (tertiary/aromatic N) is 5. The highest BCUT2D eigenvalue weighted by Crippen LogP contribution is 2.37. The number of aromatic nitrogens is 4. The van der Waals surface area contributed by atoms with E-state index in [1.54, 1.807) is 18.1 Å². The van der Waals surface area contributed by atoms with Crippen molar-refractivity contribution in [1.29, 1.82) is 0 Å². The number of fused-ring (bicyclic) bond motifs is 2. The molecule has 0 spiro atoms. The van der Waals surface area contributed by atoms with Crippen LogP contribution >= 0.6 is 0 Å². The lowest BCUT2D eigenvalue weighted by Gasteiger charge is -2.33. The predicted octanol–water partition coefficient (Wildman–Crippen LogP) is 3.41. The molecule has 0 unspecified atom stereocenters. The van der Waals surface area contributed by atoms with Crippen molar-refractivity contribution in [2.45, 2.75) is 38.8 Å². The van der Waals surface area contributed by atoms with Crippen LogP contribution in [0.1, 0.15) is 47.0 Å². The van der Waals surface area contributed by atoms with E-state index in [0.717, 1.165) is 42.9 Å². The molecular weight excluding hydrogens is 395 g/mol. The molecule has 0 aliphatic carbocycles. The van der Waals surface area contributed by atoms with Gasteiger partial charge in [0, 0.05) is 37.7 Å². The molecule has 1 aromatic carbocycles. The number of hydrogen-bond acceptors (Lipinski definition) is 3. The third kappa shape index (κ3) is 2.68. The Morgan fingerprint density at radius 3 is 2.60 bits per heavy atom. The number of hydrogen-bond donors (Lipinski definition) is 0. The van der Waals surface area contributed by atoms with E-state index in [4.69, 9.17) is 0 Å². The smallest absolute Gasteiger partial charge is 0.272 e. The van der Waals surface area contributed by atoms with E-state index >= 15 is 0 Å². The summed E-state index contributed by atoms with van der Waals surface area (Å²) in [6, 6.07) is 1.64. The van der Waals surface area contributed by atoms with Gasteiger partial charge in [-0.3, -0.25) is 9.48 Å². The average molecular weight is 415 g/mol. The first kappa shape index (κ1) is 18.9. The summed E-state index contributed by atoms with van der Waals surface area (Å²) in [7, 11) is 1.68. The summed E-state index contributed by atoms with van der Waals surface area (Å²) < 4.78 is 44.5. The van der Waals surface area contributed by atoms with Gasteiger partial charge in [-0.1, -0.05) is 0 Å². The highest BCUT2D eigenvalue weighted by molar-refractivity contribution is 5.93. The second-order valence-electron chi connectivity index (χ2n) is 7.83. The molecule has 0 saturated heterocycles. The van der Waals surface area contributed by atoms with Crippen molar-refractivity contribution in [2.24, 2.45) is 7.05 Å². The van der Waals surface area contributed by atoms with Gasteiger partial charge in [0.1, 0.15) is 11.5 Å². The van der Waals surface area contributed by atoms with Gasteiger partial charge in [0.2, 0.25) is 0 Å². The minimum absolute atomic E-state index is 0.0973. The minimum Gasteiger partial charge on any atom is -0.329 e. The lowest BCUT2D eigenvalue weighted by Crippen LogP contribution is -2.39. The molecule has 9 heteroatoms. The van der Waals surface area contributed by atoms with Gasteiger partial charge in [0.25, 0.3) is 5.91 Å². The van der Waals surface area contributed by atoms with Crippen LogP contribution < -0.4 is 0 Å². The quantitative estimate of drug-likeness (QED) is 0.603. The molecule has 30 heavy (non-hydrogen) atoms. The molecule has 156 valence electrons. The van der Waals surface area contributed by atoms with Gasteiger partial charge in [-0.05, 0) is 31.9 Å². The molecule has 0 saturated carbocycles. The summed E-state index contributed by atoms with van der Waals surface area (Å²) in [5, 5.41) is 4.54. The monoisotopic (exact) mass is 415 g/mol. The molecule has 2 aliphatic rings. The van der Waals surface area contributed by atoms with Gasteiger partial charge >= 0.3 is 0 Å². The minimum atomic E-state index is -1.49. The van der Waals surface area contributed by atoms with E-state index in [1.165, 1.54) is 4.68 Å². The highest BCUT2D eigenvalue weighted by Gasteiger charge is 2.35. The molecule has 5 rings (SSSR count). The van der Waals surface area contributed by atoms with Gasteiger partial charge < -0.3 is 9.47 Å². The maximum atomic E-state index is 13.8. The molecule has 1 amide bonds. The van der Waals surface area contributed by atoms with Crippen LogP contribution in [-0.2, 0) is 26.4 Å². The molecular formula is C21H20F3N5O. The van der Waals surface area contributed by atoms with Gasteiger partial charge in [-0.25, -0.2) is 18.2 Å². The van der Waals surface area contributed by atoms with E-state index in [-0.39, 0.29) is 17.5 Å². The van der Waals surface area contributed by atoms with E-state index in [1.807, 2.05) is 11.5 Å². The normalized spacial score (nSPS) is 17.9. The second-order valence-corrected chi connectivity index (χ2v) is 7.83.